The number of carbonyl (C=O) groups excluding carboxylic acids is 1. The summed E-state index contributed by atoms with van der Waals surface area (Å²) in [5, 5.41) is 11.3. The highest BCUT2D eigenvalue weighted by Crippen LogP contribution is 2.63. The van der Waals surface area contributed by atoms with E-state index in [0.29, 0.717) is 40.5 Å². The van der Waals surface area contributed by atoms with Crippen LogP contribution in [0.4, 0.5) is 11.8 Å². The van der Waals surface area contributed by atoms with Gasteiger partial charge in [-0.3, -0.25) is 9.48 Å². The first kappa shape index (κ1) is 25.3. The molecule has 3 heterocycles. The maximum atomic E-state index is 12.3. The predicted molar refractivity (Wildman–Crippen MR) is 145 cm³/mol. The fourth-order valence-electron chi connectivity index (χ4n) is 5.45. The zero-order chi connectivity index (χ0) is 26.0. The van der Waals surface area contributed by atoms with Crippen molar-refractivity contribution in [2.45, 2.75) is 45.1 Å². The number of nitrogens with zero attached hydrogens (tertiary/aromatic N) is 5. The number of anilines is 2. The minimum Gasteiger partial charge on any atom is -0.496 e. The van der Waals surface area contributed by atoms with Crippen molar-refractivity contribution in [1.82, 2.24) is 30.0 Å². The van der Waals surface area contributed by atoms with Crippen LogP contribution in [0, 0.1) is 11.3 Å². The first-order chi connectivity index (χ1) is 17.9. The number of amides is 1. The molecule has 10 nitrogen and oxygen atoms in total. The van der Waals surface area contributed by atoms with E-state index in [4.69, 9.17) is 10.5 Å². The Kier molecular flexibility index (Phi) is 7.19. The lowest BCUT2D eigenvalue weighted by molar-refractivity contribution is 0.0827. The van der Waals surface area contributed by atoms with E-state index in [1.165, 1.54) is 51.6 Å². The molecule has 2 saturated carbocycles. The van der Waals surface area contributed by atoms with Gasteiger partial charge in [0.25, 0.3) is 5.91 Å². The first-order valence-corrected chi connectivity index (χ1v) is 13.2. The lowest BCUT2D eigenvalue weighted by Gasteiger charge is -2.36. The van der Waals surface area contributed by atoms with Gasteiger partial charge in [-0.05, 0) is 75.1 Å². The van der Waals surface area contributed by atoms with E-state index in [1.807, 2.05) is 16.8 Å². The number of carbonyl (C=O) groups is 1. The Hall–Kier alpha value is -3.40. The number of methoxy groups -OCH3 is 1. The number of nitrogens with two attached hydrogens (primary N) is 1. The van der Waals surface area contributed by atoms with Crippen molar-refractivity contribution in [3.63, 3.8) is 0 Å². The van der Waals surface area contributed by atoms with Crippen LogP contribution < -0.4 is 21.1 Å². The Labute approximate surface area is 218 Å². The van der Waals surface area contributed by atoms with Gasteiger partial charge < -0.3 is 26.0 Å². The lowest BCUT2D eigenvalue weighted by atomic mass is 9.72. The van der Waals surface area contributed by atoms with Gasteiger partial charge in [-0.2, -0.15) is 10.1 Å². The minimum atomic E-state index is -0.0706. The van der Waals surface area contributed by atoms with Crippen LogP contribution >= 0.6 is 0 Å². The highest BCUT2D eigenvalue weighted by molar-refractivity contribution is 5.94. The molecule has 1 aromatic carbocycles. The summed E-state index contributed by atoms with van der Waals surface area (Å²) < 4.78 is 7.43. The molecule has 1 saturated heterocycles. The van der Waals surface area contributed by atoms with Crippen LogP contribution in [0.1, 0.15) is 54.4 Å². The quantitative estimate of drug-likeness (QED) is 0.447. The molecule has 1 amide bonds. The van der Waals surface area contributed by atoms with Crippen molar-refractivity contribution in [1.29, 1.82) is 0 Å². The number of rotatable bonds is 7. The maximum absolute atomic E-state index is 12.3. The molecule has 2 aliphatic carbocycles. The fourth-order valence-corrected chi connectivity index (χ4v) is 5.45. The van der Waals surface area contributed by atoms with Gasteiger partial charge in [-0.1, -0.05) is 6.07 Å². The van der Waals surface area contributed by atoms with Crippen molar-refractivity contribution in [3.8, 4) is 5.75 Å². The number of nitrogen functional groups attached to an aromatic ring is 1. The van der Waals surface area contributed by atoms with E-state index in [2.05, 4.69) is 25.7 Å². The molecule has 2 aromatic heterocycles. The Morgan fingerprint density at radius 2 is 2.00 bits per heavy atom. The molecule has 10 heteroatoms. The first-order valence-electron chi connectivity index (χ1n) is 13.2. The third kappa shape index (κ3) is 5.64. The monoisotopic (exact) mass is 506 g/mol. The van der Waals surface area contributed by atoms with Gasteiger partial charge in [-0.15, -0.1) is 0 Å². The summed E-state index contributed by atoms with van der Waals surface area (Å²) in [6, 6.07) is 5.48. The third-order valence-electron chi connectivity index (χ3n) is 7.68. The van der Waals surface area contributed by atoms with Gasteiger partial charge in [-0.25, -0.2) is 4.98 Å². The highest BCUT2D eigenvalue weighted by atomic mass is 16.5. The van der Waals surface area contributed by atoms with Gasteiger partial charge in [0.05, 0.1) is 19.9 Å². The van der Waals surface area contributed by atoms with Crippen LogP contribution in [0.15, 0.2) is 24.4 Å². The van der Waals surface area contributed by atoms with Crippen molar-refractivity contribution >= 4 is 28.7 Å². The molecule has 3 aliphatic rings. The highest BCUT2D eigenvalue weighted by Gasteiger charge is 2.52. The van der Waals surface area contributed by atoms with E-state index in [9.17, 15) is 4.79 Å². The number of benzene rings is 1. The summed E-state index contributed by atoms with van der Waals surface area (Å²) in [7, 11) is 5.06. The second kappa shape index (κ2) is 10.5. The second-order valence-corrected chi connectivity index (χ2v) is 10.8. The summed E-state index contributed by atoms with van der Waals surface area (Å²) >= 11 is 0. The van der Waals surface area contributed by atoms with Crippen LogP contribution in [0.5, 0.6) is 5.75 Å². The Morgan fingerprint density at radius 3 is 2.62 bits per heavy atom. The normalized spacial score (nSPS) is 17.7. The Morgan fingerprint density at radius 1 is 1.24 bits per heavy atom. The maximum Gasteiger partial charge on any atom is 0.253 e. The smallest absolute Gasteiger partial charge is 0.253 e. The zero-order valence-corrected chi connectivity index (χ0v) is 22.1. The molecule has 198 valence electrons. The van der Waals surface area contributed by atoms with Crippen molar-refractivity contribution in [2.75, 3.05) is 51.9 Å². The van der Waals surface area contributed by atoms with E-state index in [1.54, 1.807) is 38.4 Å². The summed E-state index contributed by atoms with van der Waals surface area (Å²) in [6.45, 7) is 3.83. The number of aromatic nitrogens is 4. The molecule has 0 unspecified atom stereocenters. The Bertz CT molecular complexity index is 1250. The molecule has 3 aromatic rings. The summed E-state index contributed by atoms with van der Waals surface area (Å²) in [5.41, 5.74) is 9.62. The lowest BCUT2D eigenvalue weighted by Crippen LogP contribution is -2.31. The summed E-state index contributed by atoms with van der Waals surface area (Å²) in [5.74, 6) is 2.19. The van der Waals surface area contributed by atoms with Crippen LogP contribution in [-0.4, -0.2) is 71.4 Å². The molecule has 1 aliphatic heterocycles. The molecule has 0 atom stereocenters. The van der Waals surface area contributed by atoms with E-state index in [0.717, 1.165) is 17.6 Å². The minimum absolute atomic E-state index is 0.0706. The number of ether oxygens (including phenoxy) is 1. The average Bonchev–Trinajstić information content (AvgIpc) is 3.24. The number of hydrogen-bond acceptors (Lipinski definition) is 8. The van der Waals surface area contributed by atoms with Crippen LogP contribution in [0.3, 0.4) is 0 Å². The fraction of sp³-hybridized carbons (Fsp3) is 0.556. The van der Waals surface area contributed by atoms with Gasteiger partial charge in [0, 0.05) is 31.8 Å². The summed E-state index contributed by atoms with van der Waals surface area (Å²) in [4.78, 5) is 22.7. The van der Waals surface area contributed by atoms with E-state index in [-0.39, 0.29) is 11.9 Å². The molecule has 0 bridgehead atoms. The number of fused-ring (bicyclic) bond motifs is 1. The molecule has 1 spiro atoms. The predicted octanol–water partition coefficient (Wildman–Crippen LogP) is 3.14. The average molecular weight is 507 g/mol. The zero-order valence-electron chi connectivity index (χ0n) is 22.1. The Balaban J connectivity index is 0.000000503. The molecule has 37 heavy (non-hydrogen) atoms. The molecule has 6 rings (SSSR count). The standard InChI is InChI=1S/C23H29N7O2.C4H9N/c1-29(2)21(31)15-4-5-16(18(8-15)32-3)13-30-19-17(12-26-30)27-22(24)28-20(19)25-11-14-9-23(10-14)6-7-23;1-2-4-5-3-1/h4-5,8,12,14H,6-7,9-11,13H2,1-3H3,(H3,24,25,27,28);5H,1-4H2. The van der Waals surface area contributed by atoms with E-state index < -0.39 is 0 Å². The van der Waals surface area contributed by atoms with Gasteiger partial charge in [0.1, 0.15) is 16.8 Å². The van der Waals surface area contributed by atoms with Crippen LogP contribution in [0.25, 0.3) is 11.0 Å². The van der Waals surface area contributed by atoms with Crippen molar-refractivity contribution < 1.29 is 9.53 Å². The van der Waals surface area contributed by atoms with E-state index >= 15 is 0 Å². The van der Waals surface area contributed by atoms with Gasteiger partial charge >= 0.3 is 0 Å². The number of hydrogen-bond donors (Lipinski definition) is 3. The molecule has 0 radical (unpaired) electrons. The molecule has 3 fully saturated rings. The van der Waals surface area contributed by atoms with Crippen LogP contribution in [-0.2, 0) is 6.54 Å². The van der Waals surface area contributed by atoms with Crippen LogP contribution in [0.2, 0.25) is 0 Å². The third-order valence-corrected chi connectivity index (χ3v) is 7.68. The second-order valence-electron chi connectivity index (χ2n) is 10.8. The SMILES string of the molecule is C1CCNC1.COc1cc(C(=O)N(C)C)ccc1Cn1ncc2nc(N)nc(NCC3CC4(CC4)C3)c21. The summed E-state index contributed by atoms with van der Waals surface area (Å²) in [6.07, 6.45) is 9.87. The van der Waals surface area contributed by atoms with Gasteiger partial charge in [0.15, 0.2) is 5.82 Å². The topological polar surface area (TPSA) is 123 Å². The largest absolute Gasteiger partial charge is 0.496 e. The molecular formula is C27H38N8O2. The van der Waals surface area contributed by atoms with Crippen molar-refractivity contribution in [2.24, 2.45) is 11.3 Å². The molecule has 4 N–H and O–H groups in total. The van der Waals surface area contributed by atoms with Crippen molar-refractivity contribution in [3.05, 3.63) is 35.5 Å². The molecular weight excluding hydrogens is 468 g/mol. The van der Waals surface area contributed by atoms with Gasteiger partial charge in [0.2, 0.25) is 5.95 Å². The number of nitrogens with one attached hydrogen (secondary N) is 2.